The summed E-state index contributed by atoms with van der Waals surface area (Å²) in [6.45, 7) is 1.91. The number of hydrogen-bond donors (Lipinski definition) is 0. The molecule has 2 fully saturated rings. The Kier molecular flexibility index (Phi) is 7.49. The largest absolute Gasteiger partial charge is 0.491 e. The van der Waals surface area contributed by atoms with Gasteiger partial charge in [0.05, 0.1) is 13.3 Å². The van der Waals surface area contributed by atoms with Crippen molar-refractivity contribution in [3.05, 3.63) is 29.3 Å². The quantitative estimate of drug-likeness (QED) is 0.485. The summed E-state index contributed by atoms with van der Waals surface area (Å²) in [5.41, 5.74) is 0.518. The lowest BCUT2D eigenvalue weighted by Gasteiger charge is -2.38. The van der Waals surface area contributed by atoms with Crippen LogP contribution in [0, 0.1) is 29.4 Å². The molecule has 0 heterocycles. The molecule has 1 nitrogen and oxygen atoms in total. The van der Waals surface area contributed by atoms with E-state index in [-0.39, 0.29) is 18.3 Å². The van der Waals surface area contributed by atoms with Crippen molar-refractivity contribution in [2.75, 3.05) is 13.3 Å². The first-order valence-corrected chi connectivity index (χ1v) is 10.8. The van der Waals surface area contributed by atoms with Crippen LogP contribution in [0.15, 0.2) is 12.1 Å². The highest BCUT2D eigenvalue weighted by Crippen LogP contribution is 2.45. The fourth-order valence-electron chi connectivity index (χ4n) is 5.34. The Morgan fingerprint density at radius 1 is 0.889 bits per heavy atom. The summed E-state index contributed by atoms with van der Waals surface area (Å²) in [6, 6.07) is 3.28. The Bertz CT molecular complexity index is 588. The van der Waals surface area contributed by atoms with Crippen LogP contribution < -0.4 is 4.74 Å². The summed E-state index contributed by atoms with van der Waals surface area (Å²) in [5, 5.41) is 0. The molecule has 0 spiro atoms. The predicted octanol–water partition coefficient (Wildman–Crippen LogP) is 7.19. The summed E-state index contributed by atoms with van der Waals surface area (Å²) in [4.78, 5) is 0. The Balaban J connectivity index is 1.52. The highest BCUT2D eigenvalue weighted by molar-refractivity contribution is 5.33. The lowest BCUT2D eigenvalue weighted by molar-refractivity contribution is 0.154. The lowest BCUT2D eigenvalue weighted by atomic mass is 9.68. The molecule has 27 heavy (non-hydrogen) atoms. The van der Waals surface area contributed by atoms with E-state index in [2.05, 4.69) is 0 Å². The Morgan fingerprint density at radius 2 is 1.52 bits per heavy atom. The maximum absolute atomic E-state index is 14.5. The summed E-state index contributed by atoms with van der Waals surface area (Å²) >= 11 is 0. The minimum Gasteiger partial charge on any atom is -0.491 e. The van der Waals surface area contributed by atoms with Crippen LogP contribution >= 0.6 is 0 Å². The summed E-state index contributed by atoms with van der Waals surface area (Å²) in [5.74, 6) is 0.771. The van der Waals surface area contributed by atoms with Gasteiger partial charge >= 0.3 is 0 Å². The molecule has 0 saturated heterocycles. The summed E-state index contributed by atoms with van der Waals surface area (Å²) in [6.07, 6.45) is 10.9. The second-order valence-electron chi connectivity index (χ2n) is 8.44. The van der Waals surface area contributed by atoms with Crippen molar-refractivity contribution in [1.29, 1.82) is 0 Å². The standard InChI is InChI=1S/C23H33F3O/c1-2-27-21-14-13-20(22(25)23(21)26)19-11-9-18(10-12-19)17-7-5-16(6-8-17)4-3-15-24/h13-14,16-19H,2-12,15H2,1H3. The molecule has 1 aromatic rings. The minimum atomic E-state index is -0.844. The first-order chi connectivity index (χ1) is 13.1. The van der Waals surface area contributed by atoms with Crippen molar-refractivity contribution < 1.29 is 17.9 Å². The van der Waals surface area contributed by atoms with Crippen LogP contribution in [0.1, 0.15) is 82.6 Å². The fraction of sp³-hybridized carbons (Fsp3) is 0.739. The number of halogens is 3. The van der Waals surface area contributed by atoms with Crippen molar-refractivity contribution in [2.24, 2.45) is 17.8 Å². The number of alkyl halides is 1. The number of rotatable bonds is 7. The van der Waals surface area contributed by atoms with E-state index in [1.807, 2.05) is 0 Å². The van der Waals surface area contributed by atoms with Crippen LogP contribution in [0.25, 0.3) is 0 Å². The average Bonchev–Trinajstić information content (AvgIpc) is 2.71. The normalized spacial score (nSPS) is 28.9. The third-order valence-electron chi connectivity index (χ3n) is 6.89. The molecule has 2 aliphatic rings. The van der Waals surface area contributed by atoms with Crippen LogP contribution in [0.4, 0.5) is 13.2 Å². The maximum atomic E-state index is 14.5. The molecule has 0 aliphatic heterocycles. The molecule has 0 aromatic heterocycles. The first-order valence-electron chi connectivity index (χ1n) is 10.8. The van der Waals surface area contributed by atoms with E-state index < -0.39 is 11.6 Å². The van der Waals surface area contributed by atoms with E-state index in [9.17, 15) is 13.2 Å². The molecule has 0 atom stereocenters. The smallest absolute Gasteiger partial charge is 0.200 e. The van der Waals surface area contributed by atoms with E-state index in [0.29, 0.717) is 24.5 Å². The van der Waals surface area contributed by atoms with Gasteiger partial charge in [0.15, 0.2) is 11.6 Å². The molecule has 2 aliphatic carbocycles. The Labute approximate surface area is 161 Å². The zero-order valence-electron chi connectivity index (χ0n) is 16.5. The van der Waals surface area contributed by atoms with Gasteiger partial charge in [0.25, 0.3) is 0 Å². The molecule has 0 N–H and O–H groups in total. The van der Waals surface area contributed by atoms with Crippen LogP contribution in [-0.2, 0) is 0 Å². The van der Waals surface area contributed by atoms with E-state index in [1.54, 1.807) is 19.1 Å². The molecule has 2 saturated carbocycles. The fourth-order valence-corrected chi connectivity index (χ4v) is 5.34. The molecular weight excluding hydrogens is 349 g/mol. The van der Waals surface area contributed by atoms with Crippen molar-refractivity contribution in [3.8, 4) is 5.75 Å². The van der Waals surface area contributed by atoms with Gasteiger partial charge in [-0.25, -0.2) is 4.39 Å². The zero-order valence-corrected chi connectivity index (χ0v) is 16.5. The van der Waals surface area contributed by atoms with E-state index in [1.165, 1.54) is 25.7 Å². The lowest BCUT2D eigenvalue weighted by Crippen LogP contribution is -2.25. The molecule has 0 bridgehead atoms. The molecule has 0 amide bonds. The molecule has 3 rings (SSSR count). The van der Waals surface area contributed by atoms with Gasteiger partial charge in [-0.05, 0) is 93.6 Å². The number of benzene rings is 1. The minimum absolute atomic E-state index is 0.0111. The van der Waals surface area contributed by atoms with Gasteiger partial charge in [0, 0.05) is 0 Å². The highest BCUT2D eigenvalue weighted by atomic mass is 19.2. The molecule has 4 heteroatoms. The van der Waals surface area contributed by atoms with E-state index >= 15 is 0 Å². The SMILES string of the molecule is CCOc1ccc(C2CCC(C3CCC(CCCF)CC3)CC2)c(F)c1F. The second kappa shape index (κ2) is 9.84. The molecule has 0 unspecified atom stereocenters. The number of hydrogen-bond acceptors (Lipinski definition) is 1. The highest BCUT2D eigenvalue weighted by Gasteiger charge is 2.32. The maximum Gasteiger partial charge on any atom is 0.200 e. The van der Waals surface area contributed by atoms with Gasteiger partial charge in [-0.15, -0.1) is 0 Å². The topological polar surface area (TPSA) is 9.23 Å². The molecule has 0 radical (unpaired) electrons. The average molecular weight is 383 g/mol. The number of ether oxygens (including phenoxy) is 1. The van der Waals surface area contributed by atoms with Crippen molar-refractivity contribution in [1.82, 2.24) is 0 Å². The first kappa shape index (κ1) is 20.5. The molecule has 152 valence electrons. The van der Waals surface area contributed by atoms with Crippen molar-refractivity contribution in [2.45, 2.75) is 77.0 Å². The predicted molar refractivity (Wildman–Crippen MR) is 103 cm³/mol. The summed E-state index contributed by atoms with van der Waals surface area (Å²) < 4.78 is 46.2. The van der Waals surface area contributed by atoms with Gasteiger partial charge < -0.3 is 4.74 Å². The third-order valence-corrected chi connectivity index (χ3v) is 6.89. The Morgan fingerprint density at radius 3 is 2.11 bits per heavy atom. The van der Waals surface area contributed by atoms with E-state index in [4.69, 9.17) is 4.74 Å². The van der Waals surface area contributed by atoms with Crippen LogP contribution in [-0.4, -0.2) is 13.3 Å². The van der Waals surface area contributed by atoms with Gasteiger partial charge in [-0.2, -0.15) is 4.39 Å². The van der Waals surface area contributed by atoms with Gasteiger partial charge in [-0.1, -0.05) is 18.9 Å². The third kappa shape index (κ3) is 5.00. The second-order valence-corrected chi connectivity index (χ2v) is 8.44. The van der Waals surface area contributed by atoms with Gasteiger partial charge in [-0.3, -0.25) is 4.39 Å². The molecule has 1 aromatic carbocycles. The van der Waals surface area contributed by atoms with Crippen molar-refractivity contribution in [3.63, 3.8) is 0 Å². The van der Waals surface area contributed by atoms with Gasteiger partial charge in [0.2, 0.25) is 5.82 Å². The van der Waals surface area contributed by atoms with Crippen LogP contribution in [0.5, 0.6) is 5.75 Å². The van der Waals surface area contributed by atoms with E-state index in [0.717, 1.165) is 43.9 Å². The van der Waals surface area contributed by atoms with Crippen LogP contribution in [0.2, 0.25) is 0 Å². The summed E-state index contributed by atoms with van der Waals surface area (Å²) in [7, 11) is 0. The van der Waals surface area contributed by atoms with Crippen LogP contribution in [0.3, 0.4) is 0 Å². The van der Waals surface area contributed by atoms with Gasteiger partial charge in [0.1, 0.15) is 0 Å². The molecular formula is C23H33F3O. The Hall–Kier alpha value is -1.19. The zero-order chi connectivity index (χ0) is 19.2. The monoisotopic (exact) mass is 382 g/mol. The van der Waals surface area contributed by atoms with Crippen molar-refractivity contribution >= 4 is 0 Å².